The van der Waals surface area contributed by atoms with Crippen molar-refractivity contribution >= 4 is 69.7 Å². The van der Waals surface area contributed by atoms with Gasteiger partial charge in [-0.15, -0.1) is 0 Å². The summed E-state index contributed by atoms with van der Waals surface area (Å²) in [6.45, 7) is 1.97. The van der Waals surface area contributed by atoms with Crippen LogP contribution < -0.4 is 10.6 Å². The Kier molecular flexibility index (Phi) is 7.89. The van der Waals surface area contributed by atoms with E-state index >= 15 is 0 Å². The van der Waals surface area contributed by atoms with E-state index in [0.29, 0.717) is 20.8 Å². The number of esters is 1. The van der Waals surface area contributed by atoms with Gasteiger partial charge in [-0.2, -0.15) is 0 Å². The van der Waals surface area contributed by atoms with E-state index in [9.17, 15) is 9.59 Å². The second-order valence-corrected chi connectivity index (χ2v) is 5.68. The Bertz CT molecular complexity index is 596. The molecule has 0 heterocycles. The van der Waals surface area contributed by atoms with Crippen LogP contribution in [0.1, 0.15) is 19.8 Å². The number of hydrogen-bond acceptors (Lipinski definition) is 4. The highest BCUT2D eigenvalue weighted by Crippen LogP contribution is 2.32. The van der Waals surface area contributed by atoms with Crippen LogP contribution in [0.2, 0.25) is 15.1 Å². The number of amides is 1. The quantitative estimate of drug-likeness (QED) is 0.460. The summed E-state index contributed by atoms with van der Waals surface area (Å²) < 4.78 is 4.72. The molecule has 0 radical (unpaired) electrons. The lowest BCUT2D eigenvalue weighted by atomic mass is 10.3. The van der Waals surface area contributed by atoms with E-state index in [1.807, 2.05) is 0 Å². The van der Waals surface area contributed by atoms with Gasteiger partial charge in [-0.1, -0.05) is 34.8 Å². The molecule has 0 fully saturated rings. The molecule has 22 heavy (non-hydrogen) atoms. The second kappa shape index (κ2) is 9.15. The van der Waals surface area contributed by atoms with Gasteiger partial charge in [0.1, 0.15) is 0 Å². The first kappa shape index (κ1) is 19.0. The van der Waals surface area contributed by atoms with Gasteiger partial charge >= 0.3 is 5.97 Å². The predicted octanol–water partition coefficient (Wildman–Crippen LogP) is 3.80. The van der Waals surface area contributed by atoms with E-state index in [1.165, 1.54) is 12.1 Å². The van der Waals surface area contributed by atoms with E-state index in [2.05, 4.69) is 10.6 Å². The lowest BCUT2D eigenvalue weighted by Gasteiger charge is -2.11. The molecular formula is C13H13Cl3N2O3S. The van der Waals surface area contributed by atoms with E-state index in [1.54, 1.807) is 6.92 Å². The van der Waals surface area contributed by atoms with Crippen molar-refractivity contribution in [2.75, 3.05) is 11.9 Å². The van der Waals surface area contributed by atoms with Crippen LogP contribution in [-0.4, -0.2) is 23.6 Å². The van der Waals surface area contributed by atoms with Crippen LogP contribution in [0.5, 0.6) is 0 Å². The average molecular weight is 384 g/mol. The number of carbonyl (C=O) groups is 2. The number of nitrogens with one attached hydrogen (secondary N) is 2. The van der Waals surface area contributed by atoms with Crippen LogP contribution in [-0.2, 0) is 14.3 Å². The molecule has 0 aliphatic heterocycles. The molecule has 0 atom stereocenters. The standard InChI is InChI=1S/C13H13Cl3N2O3S/c1-2-21-12(20)4-3-11(19)18-13(22)17-10-6-8(15)7(14)5-9(10)16/h5-6H,2-4H2,1H3,(H2,17,18,19,22). The number of rotatable bonds is 5. The number of carbonyl (C=O) groups excluding carboxylic acids is 2. The summed E-state index contributed by atoms with van der Waals surface area (Å²) in [6, 6.07) is 2.95. The average Bonchev–Trinajstić information content (AvgIpc) is 2.43. The van der Waals surface area contributed by atoms with E-state index < -0.39 is 11.9 Å². The lowest BCUT2D eigenvalue weighted by Crippen LogP contribution is -2.34. The molecule has 0 bridgehead atoms. The van der Waals surface area contributed by atoms with Crippen molar-refractivity contribution in [1.29, 1.82) is 0 Å². The minimum Gasteiger partial charge on any atom is -0.466 e. The molecule has 0 saturated heterocycles. The third-order valence-electron chi connectivity index (χ3n) is 2.37. The van der Waals surface area contributed by atoms with Crippen molar-refractivity contribution in [3.63, 3.8) is 0 Å². The molecular weight excluding hydrogens is 371 g/mol. The van der Waals surface area contributed by atoms with Crippen LogP contribution in [0.25, 0.3) is 0 Å². The third kappa shape index (κ3) is 6.36. The maximum atomic E-state index is 11.6. The fraction of sp³-hybridized carbons (Fsp3) is 0.308. The maximum absolute atomic E-state index is 11.6. The number of benzene rings is 1. The molecule has 120 valence electrons. The topological polar surface area (TPSA) is 67.4 Å². The van der Waals surface area contributed by atoms with Gasteiger partial charge < -0.3 is 15.4 Å². The van der Waals surface area contributed by atoms with E-state index in [0.717, 1.165) is 0 Å². The van der Waals surface area contributed by atoms with Crippen molar-refractivity contribution in [3.8, 4) is 0 Å². The van der Waals surface area contributed by atoms with E-state index in [4.69, 9.17) is 51.8 Å². The Morgan fingerprint density at radius 1 is 1.14 bits per heavy atom. The van der Waals surface area contributed by atoms with Gasteiger partial charge in [-0.3, -0.25) is 9.59 Å². The highest BCUT2D eigenvalue weighted by Gasteiger charge is 2.11. The molecule has 2 N–H and O–H groups in total. The molecule has 0 spiro atoms. The summed E-state index contributed by atoms with van der Waals surface area (Å²) in [5, 5.41) is 6.10. The highest BCUT2D eigenvalue weighted by atomic mass is 35.5. The molecule has 0 unspecified atom stereocenters. The smallest absolute Gasteiger partial charge is 0.306 e. The third-order valence-corrected chi connectivity index (χ3v) is 3.61. The summed E-state index contributed by atoms with van der Waals surface area (Å²) in [5.41, 5.74) is 0.409. The van der Waals surface area contributed by atoms with Crippen molar-refractivity contribution in [3.05, 3.63) is 27.2 Å². The molecule has 0 saturated carbocycles. The Hall–Kier alpha value is -1.08. The number of anilines is 1. The number of ether oxygens (including phenoxy) is 1. The van der Waals surface area contributed by atoms with E-state index in [-0.39, 0.29) is 24.6 Å². The zero-order valence-corrected chi connectivity index (χ0v) is 14.6. The summed E-state index contributed by atoms with van der Waals surface area (Å²) in [6.07, 6.45) is -0.0500. The van der Waals surface area contributed by atoms with Crippen molar-refractivity contribution in [2.24, 2.45) is 0 Å². The van der Waals surface area contributed by atoms with Crippen LogP contribution in [0, 0.1) is 0 Å². The number of halogens is 3. The van der Waals surface area contributed by atoms with Gasteiger partial charge in [0.25, 0.3) is 0 Å². The molecule has 0 aliphatic carbocycles. The van der Waals surface area contributed by atoms with Gasteiger partial charge in [0.15, 0.2) is 5.11 Å². The number of hydrogen-bond donors (Lipinski definition) is 2. The second-order valence-electron chi connectivity index (χ2n) is 4.05. The molecule has 1 aromatic carbocycles. The van der Waals surface area contributed by atoms with Gasteiger partial charge in [0, 0.05) is 6.42 Å². The van der Waals surface area contributed by atoms with Crippen LogP contribution in [0.3, 0.4) is 0 Å². The van der Waals surface area contributed by atoms with Crippen LogP contribution in [0.15, 0.2) is 12.1 Å². The fourth-order valence-electron chi connectivity index (χ4n) is 1.41. The first-order chi connectivity index (χ1) is 10.3. The predicted molar refractivity (Wildman–Crippen MR) is 91.7 cm³/mol. The minimum absolute atomic E-state index is 0.0180. The molecule has 1 rings (SSSR count). The fourth-order valence-corrected chi connectivity index (χ4v) is 2.23. The van der Waals surface area contributed by atoms with Crippen molar-refractivity contribution < 1.29 is 14.3 Å². The number of thiocarbonyl (C=S) groups is 1. The highest BCUT2D eigenvalue weighted by molar-refractivity contribution is 7.80. The lowest BCUT2D eigenvalue weighted by molar-refractivity contribution is -0.144. The van der Waals surface area contributed by atoms with Crippen LogP contribution >= 0.6 is 47.0 Å². The first-order valence-corrected chi connectivity index (χ1v) is 7.78. The Morgan fingerprint density at radius 3 is 2.41 bits per heavy atom. The Balaban J connectivity index is 2.51. The van der Waals surface area contributed by atoms with Gasteiger partial charge in [0.2, 0.25) is 5.91 Å². The van der Waals surface area contributed by atoms with Gasteiger partial charge in [-0.05, 0) is 31.3 Å². The SMILES string of the molecule is CCOC(=O)CCC(=O)NC(=S)Nc1cc(Cl)c(Cl)cc1Cl. The molecule has 1 amide bonds. The van der Waals surface area contributed by atoms with Crippen molar-refractivity contribution in [2.45, 2.75) is 19.8 Å². The molecule has 1 aromatic rings. The molecule has 0 aromatic heterocycles. The Labute approximate surface area is 148 Å². The largest absolute Gasteiger partial charge is 0.466 e. The Morgan fingerprint density at radius 2 is 1.77 bits per heavy atom. The minimum atomic E-state index is -0.441. The summed E-state index contributed by atoms with van der Waals surface area (Å²) in [5.74, 6) is -0.856. The van der Waals surface area contributed by atoms with Crippen molar-refractivity contribution in [1.82, 2.24) is 5.32 Å². The normalized spacial score (nSPS) is 10.0. The van der Waals surface area contributed by atoms with Crippen LogP contribution in [0.4, 0.5) is 5.69 Å². The van der Waals surface area contributed by atoms with Gasteiger partial charge in [0.05, 0.1) is 33.8 Å². The molecule has 9 heteroatoms. The molecule has 0 aliphatic rings. The maximum Gasteiger partial charge on any atom is 0.306 e. The molecule has 5 nitrogen and oxygen atoms in total. The zero-order valence-electron chi connectivity index (χ0n) is 11.5. The summed E-state index contributed by atoms with van der Waals surface area (Å²) in [7, 11) is 0. The monoisotopic (exact) mass is 382 g/mol. The first-order valence-electron chi connectivity index (χ1n) is 6.24. The van der Waals surface area contributed by atoms with Gasteiger partial charge in [-0.25, -0.2) is 0 Å². The summed E-state index contributed by atoms with van der Waals surface area (Å²) in [4.78, 5) is 22.8. The summed E-state index contributed by atoms with van der Waals surface area (Å²) >= 11 is 22.7. The zero-order chi connectivity index (χ0) is 16.7.